The van der Waals surface area contributed by atoms with Crippen LogP contribution in [0.25, 0.3) is 0 Å². The number of rotatable bonds is 2. The third-order valence-corrected chi connectivity index (χ3v) is 3.10. The smallest absolute Gasteiger partial charge is 0.433 e. The van der Waals surface area contributed by atoms with Gasteiger partial charge in [-0.1, -0.05) is 0 Å². The van der Waals surface area contributed by atoms with E-state index in [-0.39, 0.29) is 11.9 Å². The molecule has 0 spiro atoms. The van der Waals surface area contributed by atoms with Crippen molar-refractivity contribution in [1.82, 2.24) is 9.88 Å². The van der Waals surface area contributed by atoms with Crippen LogP contribution in [0.2, 0.25) is 0 Å². The molecule has 0 amide bonds. The van der Waals surface area contributed by atoms with Crippen LogP contribution in [0.5, 0.6) is 5.75 Å². The van der Waals surface area contributed by atoms with Gasteiger partial charge >= 0.3 is 6.18 Å². The molecule has 1 unspecified atom stereocenters. The molecule has 1 atom stereocenters. The molecule has 106 valence electrons. The topological polar surface area (TPSA) is 25.4 Å². The summed E-state index contributed by atoms with van der Waals surface area (Å²) in [5.41, 5.74) is -0.583. The molecule has 0 radical (unpaired) electrons. The van der Waals surface area contributed by atoms with Crippen molar-refractivity contribution >= 4 is 0 Å². The molecular weight excluding hydrogens is 257 g/mol. The zero-order chi connectivity index (χ0) is 14.0. The highest BCUT2D eigenvalue weighted by Crippen LogP contribution is 2.31. The van der Waals surface area contributed by atoms with Gasteiger partial charge in [-0.2, -0.15) is 13.2 Å². The van der Waals surface area contributed by atoms with Crippen molar-refractivity contribution in [3.05, 3.63) is 23.5 Å². The van der Waals surface area contributed by atoms with E-state index in [0.29, 0.717) is 5.69 Å². The molecule has 1 aromatic heterocycles. The fourth-order valence-electron chi connectivity index (χ4n) is 2.26. The standard InChI is InChI=1S/C13H17F3N2O/c1-9-6-11(7-12(17-9)13(14,15)16)19-10-4-3-5-18(2)8-10/h6-7,10H,3-5,8H2,1-2H3. The lowest BCUT2D eigenvalue weighted by molar-refractivity contribution is -0.141. The van der Waals surface area contributed by atoms with Gasteiger partial charge in [-0.05, 0) is 33.4 Å². The number of piperidine rings is 1. The van der Waals surface area contributed by atoms with Gasteiger partial charge in [0.25, 0.3) is 0 Å². The Labute approximate surface area is 110 Å². The van der Waals surface area contributed by atoms with E-state index in [2.05, 4.69) is 9.88 Å². The third-order valence-electron chi connectivity index (χ3n) is 3.10. The van der Waals surface area contributed by atoms with E-state index in [9.17, 15) is 13.2 Å². The van der Waals surface area contributed by atoms with E-state index in [4.69, 9.17) is 4.74 Å². The largest absolute Gasteiger partial charge is 0.489 e. The van der Waals surface area contributed by atoms with E-state index < -0.39 is 11.9 Å². The molecule has 2 heterocycles. The Morgan fingerprint density at radius 1 is 1.37 bits per heavy atom. The third kappa shape index (κ3) is 3.83. The molecule has 3 nitrogen and oxygen atoms in total. The minimum atomic E-state index is -4.44. The predicted octanol–water partition coefficient (Wildman–Crippen LogP) is 2.88. The number of nitrogens with zero attached hydrogens (tertiary/aromatic N) is 2. The van der Waals surface area contributed by atoms with Gasteiger partial charge in [0, 0.05) is 24.4 Å². The average molecular weight is 274 g/mol. The van der Waals surface area contributed by atoms with Gasteiger partial charge in [0.2, 0.25) is 0 Å². The molecule has 0 aromatic carbocycles. The first-order chi connectivity index (χ1) is 8.84. The van der Waals surface area contributed by atoms with E-state index in [1.54, 1.807) is 6.07 Å². The van der Waals surface area contributed by atoms with Crippen LogP contribution in [-0.2, 0) is 6.18 Å². The number of halogens is 3. The van der Waals surface area contributed by atoms with E-state index in [1.165, 1.54) is 6.92 Å². The Kier molecular flexibility index (Phi) is 3.99. The molecule has 1 fully saturated rings. The predicted molar refractivity (Wildman–Crippen MR) is 65.1 cm³/mol. The Hall–Kier alpha value is -1.30. The number of alkyl halides is 3. The molecule has 1 saturated heterocycles. The SMILES string of the molecule is Cc1cc(OC2CCCN(C)C2)cc(C(F)(F)F)n1. The van der Waals surface area contributed by atoms with Crippen molar-refractivity contribution in [2.24, 2.45) is 0 Å². The maximum atomic E-state index is 12.7. The first kappa shape index (κ1) is 14.1. The summed E-state index contributed by atoms with van der Waals surface area (Å²) in [4.78, 5) is 5.62. The van der Waals surface area contributed by atoms with Crippen molar-refractivity contribution in [3.8, 4) is 5.75 Å². The van der Waals surface area contributed by atoms with Crippen LogP contribution in [0, 0.1) is 6.92 Å². The minimum Gasteiger partial charge on any atom is -0.489 e. The normalized spacial score (nSPS) is 21.4. The first-order valence-electron chi connectivity index (χ1n) is 6.25. The van der Waals surface area contributed by atoms with Crippen molar-refractivity contribution in [2.45, 2.75) is 32.0 Å². The van der Waals surface area contributed by atoms with Gasteiger partial charge in [-0.25, -0.2) is 4.98 Å². The Bertz CT molecular complexity index is 448. The highest BCUT2D eigenvalue weighted by molar-refractivity contribution is 5.28. The van der Waals surface area contributed by atoms with Crippen LogP contribution >= 0.6 is 0 Å². The van der Waals surface area contributed by atoms with Gasteiger partial charge in [0.15, 0.2) is 0 Å². The zero-order valence-corrected chi connectivity index (χ0v) is 11.0. The molecule has 19 heavy (non-hydrogen) atoms. The highest BCUT2D eigenvalue weighted by atomic mass is 19.4. The van der Waals surface area contributed by atoms with Crippen molar-refractivity contribution in [1.29, 1.82) is 0 Å². The summed E-state index contributed by atoms with van der Waals surface area (Å²) in [7, 11) is 1.98. The monoisotopic (exact) mass is 274 g/mol. The lowest BCUT2D eigenvalue weighted by Crippen LogP contribution is -2.38. The van der Waals surface area contributed by atoms with Crippen LogP contribution in [-0.4, -0.2) is 36.1 Å². The molecule has 0 N–H and O–H groups in total. The molecule has 1 aromatic rings. The molecule has 2 rings (SSSR count). The summed E-state index contributed by atoms with van der Waals surface area (Å²) in [6.07, 6.45) is -2.63. The lowest BCUT2D eigenvalue weighted by Gasteiger charge is -2.30. The fourth-order valence-corrected chi connectivity index (χ4v) is 2.26. The van der Waals surface area contributed by atoms with Crippen LogP contribution < -0.4 is 4.74 Å². The summed E-state index contributed by atoms with van der Waals surface area (Å²) < 4.78 is 43.6. The number of hydrogen-bond acceptors (Lipinski definition) is 3. The number of hydrogen-bond donors (Lipinski definition) is 0. The van der Waals surface area contributed by atoms with Gasteiger partial charge in [0.1, 0.15) is 17.5 Å². The molecule has 0 saturated carbocycles. The van der Waals surface area contributed by atoms with Crippen LogP contribution in [0.1, 0.15) is 24.2 Å². The second kappa shape index (κ2) is 5.36. The van der Waals surface area contributed by atoms with E-state index in [1.807, 2.05) is 7.05 Å². The second-order valence-electron chi connectivity index (χ2n) is 4.97. The number of aryl methyl sites for hydroxylation is 1. The molecule has 0 aliphatic carbocycles. The summed E-state index contributed by atoms with van der Waals surface area (Å²) in [5.74, 6) is 0.250. The summed E-state index contributed by atoms with van der Waals surface area (Å²) in [6, 6.07) is 2.52. The maximum absolute atomic E-state index is 12.7. The summed E-state index contributed by atoms with van der Waals surface area (Å²) >= 11 is 0. The maximum Gasteiger partial charge on any atom is 0.433 e. The molecule has 1 aliphatic rings. The van der Waals surface area contributed by atoms with E-state index >= 15 is 0 Å². The lowest BCUT2D eigenvalue weighted by atomic mass is 10.1. The van der Waals surface area contributed by atoms with Crippen LogP contribution in [0.3, 0.4) is 0 Å². The van der Waals surface area contributed by atoms with Crippen molar-refractivity contribution < 1.29 is 17.9 Å². The van der Waals surface area contributed by atoms with Gasteiger partial charge in [-0.3, -0.25) is 0 Å². The van der Waals surface area contributed by atoms with Gasteiger partial charge in [0.05, 0.1) is 0 Å². The first-order valence-corrected chi connectivity index (χ1v) is 6.25. The minimum absolute atomic E-state index is 0.0540. The number of ether oxygens (including phenoxy) is 1. The van der Waals surface area contributed by atoms with Gasteiger partial charge in [-0.15, -0.1) is 0 Å². The Morgan fingerprint density at radius 2 is 2.11 bits per heavy atom. The molecule has 6 heteroatoms. The highest BCUT2D eigenvalue weighted by Gasteiger charge is 2.33. The zero-order valence-electron chi connectivity index (χ0n) is 11.0. The fraction of sp³-hybridized carbons (Fsp3) is 0.615. The van der Waals surface area contributed by atoms with Crippen molar-refractivity contribution in [2.75, 3.05) is 20.1 Å². The summed E-state index contributed by atoms with van der Waals surface area (Å²) in [5, 5.41) is 0. The molecule has 0 bridgehead atoms. The quantitative estimate of drug-likeness (QED) is 0.829. The number of likely N-dealkylation sites (tertiary alicyclic amines) is 1. The van der Waals surface area contributed by atoms with E-state index in [0.717, 1.165) is 32.0 Å². The van der Waals surface area contributed by atoms with Crippen molar-refractivity contribution in [3.63, 3.8) is 0 Å². The Balaban J connectivity index is 2.14. The number of aromatic nitrogens is 1. The number of likely N-dealkylation sites (N-methyl/N-ethyl adjacent to an activating group) is 1. The van der Waals surface area contributed by atoms with Gasteiger partial charge < -0.3 is 9.64 Å². The van der Waals surface area contributed by atoms with Crippen LogP contribution in [0.15, 0.2) is 12.1 Å². The Morgan fingerprint density at radius 3 is 2.74 bits per heavy atom. The molecule has 1 aliphatic heterocycles. The summed E-state index contributed by atoms with van der Waals surface area (Å²) in [6.45, 7) is 3.28. The van der Waals surface area contributed by atoms with Crippen LogP contribution in [0.4, 0.5) is 13.2 Å². The number of pyridine rings is 1. The second-order valence-corrected chi connectivity index (χ2v) is 4.97. The average Bonchev–Trinajstić information content (AvgIpc) is 2.26. The molecular formula is C13H17F3N2O.